The van der Waals surface area contributed by atoms with Crippen LogP contribution < -0.4 is 10.5 Å². The molecule has 1 aromatic carbocycles. The lowest BCUT2D eigenvalue weighted by Crippen LogP contribution is -2.50. The molecule has 138 valence electrons. The van der Waals surface area contributed by atoms with Crippen molar-refractivity contribution in [2.75, 3.05) is 24.6 Å². The van der Waals surface area contributed by atoms with E-state index in [1.165, 1.54) is 5.69 Å². The summed E-state index contributed by atoms with van der Waals surface area (Å²) in [7, 11) is 0. The van der Waals surface area contributed by atoms with E-state index in [2.05, 4.69) is 34.1 Å². The maximum atomic E-state index is 12.5. The van der Waals surface area contributed by atoms with Crippen LogP contribution in [0.2, 0.25) is 0 Å². The third-order valence-corrected chi connectivity index (χ3v) is 6.15. The van der Waals surface area contributed by atoms with Gasteiger partial charge in [-0.1, -0.05) is 24.3 Å². The van der Waals surface area contributed by atoms with Crippen LogP contribution in [0.3, 0.4) is 0 Å². The second-order valence-electron chi connectivity index (χ2n) is 7.81. The molecule has 5 heteroatoms. The Balaban J connectivity index is 1.62. The number of hydrogen-bond donors (Lipinski definition) is 1. The number of fused-ring (bicyclic) bond motifs is 5. The fourth-order valence-electron chi connectivity index (χ4n) is 5.02. The number of pyridine rings is 2. The quantitative estimate of drug-likeness (QED) is 0.763. The predicted molar refractivity (Wildman–Crippen MR) is 106 cm³/mol. The molecule has 2 bridgehead atoms. The van der Waals surface area contributed by atoms with Gasteiger partial charge in [0.15, 0.2) is 0 Å². The van der Waals surface area contributed by atoms with Crippen LogP contribution in [0.5, 0.6) is 0 Å². The Morgan fingerprint density at radius 2 is 2.00 bits per heavy atom. The molecule has 3 atom stereocenters. The monoisotopic (exact) mass is 361 g/mol. The normalized spacial score (nSPS) is 24.1. The van der Waals surface area contributed by atoms with Gasteiger partial charge >= 0.3 is 0 Å². The summed E-state index contributed by atoms with van der Waals surface area (Å²) in [6, 6.07) is 15.8. The number of benzene rings is 1. The van der Waals surface area contributed by atoms with E-state index in [1.54, 1.807) is 6.07 Å². The van der Waals surface area contributed by atoms with Crippen molar-refractivity contribution in [1.29, 1.82) is 0 Å². The minimum atomic E-state index is -0.151. The zero-order chi connectivity index (χ0) is 18.5. The first kappa shape index (κ1) is 16.5. The minimum Gasteiger partial charge on any atom is -0.394 e. The number of aryl methyl sites for hydroxylation is 1. The molecule has 27 heavy (non-hydrogen) atoms. The van der Waals surface area contributed by atoms with E-state index in [-0.39, 0.29) is 24.1 Å². The van der Waals surface area contributed by atoms with Gasteiger partial charge in [-0.25, -0.2) is 0 Å². The highest BCUT2D eigenvalue weighted by molar-refractivity contribution is 5.92. The van der Waals surface area contributed by atoms with Crippen molar-refractivity contribution in [2.24, 2.45) is 5.92 Å². The van der Waals surface area contributed by atoms with Crippen molar-refractivity contribution >= 4 is 16.6 Å². The van der Waals surface area contributed by atoms with Gasteiger partial charge in [0.1, 0.15) is 0 Å². The second kappa shape index (κ2) is 6.20. The molecule has 2 aromatic heterocycles. The lowest BCUT2D eigenvalue weighted by Gasteiger charge is -2.47. The third-order valence-electron chi connectivity index (χ3n) is 6.15. The molecule has 5 rings (SSSR count). The second-order valence-corrected chi connectivity index (χ2v) is 7.81. The van der Waals surface area contributed by atoms with Gasteiger partial charge in [-0.3, -0.25) is 9.78 Å². The van der Waals surface area contributed by atoms with Gasteiger partial charge < -0.3 is 14.6 Å². The highest BCUT2D eigenvalue weighted by Crippen LogP contribution is 2.43. The number of nitrogens with zero attached hydrogens (tertiary/aromatic N) is 3. The van der Waals surface area contributed by atoms with Crippen LogP contribution in [-0.2, 0) is 0 Å². The summed E-state index contributed by atoms with van der Waals surface area (Å²) in [4.78, 5) is 19.6. The van der Waals surface area contributed by atoms with Crippen LogP contribution in [0.15, 0.2) is 53.3 Å². The van der Waals surface area contributed by atoms with Crippen molar-refractivity contribution in [1.82, 2.24) is 9.55 Å². The smallest absolute Gasteiger partial charge is 0.251 e. The van der Waals surface area contributed by atoms with Gasteiger partial charge in [-0.2, -0.15) is 0 Å². The molecule has 0 spiro atoms. The highest BCUT2D eigenvalue weighted by Gasteiger charge is 2.40. The molecule has 5 nitrogen and oxygen atoms in total. The van der Waals surface area contributed by atoms with E-state index in [0.717, 1.165) is 41.8 Å². The lowest BCUT2D eigenvalue weighted by atomic mass is 9.78. The van der Waals surface area contributed by atoms with Gasteiger partial charge in [0.05, 0.1) is 18.2 Å². The molecule has 1 saturated heterocycles. The van der Waals surface area contributed by atoms with E-state index in [1.807, 2.05) is 29.7 Å². The molecule has 1 fully saturated rings. The molecule has 0 radical (unpaired) electrons. The topological polar surface area (TPSA) is 58.4 Å². The first-order valence-corrected chi connectivity index (χ1v) is 9.59. The van der Waals surface area contributed by atoms with Crippen LogP contribution in [0, 0.1) is 12.8 Å². The molecule has 0 aliphatic carbocycles. The van der Waals surface area contributed by atoms with E-state index in [9.17, 15) is 9.90 Å². The Hall–Kier alpha value is -2.66. The van der Waals surface area contributed by atoms with Crippen LogP contribution in [0.25, 0.3) is 10.9 Å². The fraction of sp³-hybridized carbons (Fsp3) is 0.364. The molecule has 0 amide bonds. The Morgan fingerprint density at radius 3 is 2.85 bits per heavy atom. The predicted octanol–water partition coefficient (Wildman–Crippen LogP) is 2.86. The number of piperidine rings is 1. The summed E-state index contributed by atoms with van der Waals surface area (Å²) >= 11 is 0. The average molecular weight is 361 g/mol. The number of para-hydroxylation sites is 1. The molecule has 2 aliphatic rings. The first-order valence-electron chi connectivity index (χ1n) is 9.59. The molecule has 0 unspecified atom stereocenters. The van der Waals surface area contributed by atoms with E-state index in [4.69, 9.17) is 0 Å². The van der Waals surface area contributed by atoms with Crippen LogP contribution in [-0.4, -0.2) is 34.4 Å². The minimum absolute atomic E-state index is 0.0000876. The summed E-state index contributed by atoms with van der Waals surface area (Å²) in [6.45, 7) is 3.76. The van der Waals surface area contributed by atoms with Crippen molar-refractivity contribution in [3.8, 4) is 0 Å². The van der Waals surface area contributed by atoms with Crippen LogP contribution >= 0.6 is 0 Å². The molecule has 3 aromatic rings. The summed E-state index contributed by atoms with van der Waals surface area (Å²) in [5.41, 5.74) is 4.28. The van der Waals surface area contributed by atoms with Crippen molar-refractivity contribution in [2.45, 2.75) is 25.3 Å². The van der Waals surface area contributed by atoms with Gasteiger partial charge in [-0.05, 0) is 31.5 Å². The summed E-state index contributed by atoms with van der Waals surface area (Å²) < 4.78 is 1.84. The largest absolute Gasteiger partial charge is 0.394 e. The number of hydrogen-bond acceptors (Lipinski definition) is 4. The number of rotatable bonds is 2. The highest BCUT2D eigenvalue weighted by atomic mass is 16.3. The first-order chi connectivity index (χ1) is 13.2. The molecule has 1 N–H and O–H groups in total. The molecular formula is C22H23N3O2. The maximum Gasteiger partial charge on any atom is 0.251 e. The van der Waals surface area contributed by atoms with Gasteiger partial charge in [0.2, 0.25) is 0 Å². The SMILES string of the molecule is Cc1cc(N2C[C@H]3C[C@@H](C2)[C@H](CO)n2c3cccc2=O)c2ccccc2n1. The Labute approximate surface area is 157 Å². The van der Waals surface area contributed by atoms with E-state index < -0.39 is 0 Å². The number of aliphatic hydroxyl groups excluding tert-OH is 1. The molecule has 2 aliphatic heterocycles. The van der Waals surface area contributed by atoms with Crippen LogP contribution in [0.4, 0.5) is 5.69 Å². The third kappa shape index (κ3) is 2.57. The van der Waals surface area contributed by atoms with Gasteiger partial charge in [-0.15, -0.1) is 0 Å². The van der Waals surface area contributed by atoms with Crippen molar-refractivity contribution in [3.63, 3.8) is 0 Å². The maximum absolute atomic E-state index is 12.5. The molecular weight excluding hydrogens is 338 g/mol. The fourth-order valence-corrected chi connectivity index (χ4v) is 5.02. The van der Waals surface area contributed by atoms with Crippen molar-refractivity contribution in [3.05, 3.63) is 70.3 Å². The van der Waals surface area contributed by atoms with Gasteiger partial charge in [0, 0.05) is 53.5 Å². The molecule has 0 saturated carbocycles. The van der Waals surface area contributed by atoms with E-state index in [0.29, 0.717) is 5.92 Å². The molecule has 4 heterocycles. The summed E-state index contributed by atoms with van der Waals surface area (Å²) in [5.74, 6) is 0.557. The average Bonchev–Trinajstić information content (AvgIpc) is 2.68. The number of aliphatic hydroxyl groups is 1. The van der Waals surface area contributed by atoms with Gasteiger partial charge in [0.25, 0.3) is 5.56 Å². The summed E-state index contributed by atoms with van der Waals surface area (Å²) in [5, 5.41) is 11.2. The number of anilines is 1. The zero-order valence-corrected chi connectivity index (χ0v) is 15.4. The Kier molecular flexibility index (Phi) is 3.79. The Bertz CT molecular complexity index is 1070. The van der Waals surface area contributed by atoms with Crippen LogP contribution in [0.1, 0.15) is 29.8 Å². The lowest BCUT2D eigenvalue weighted by molar-refractivity contribution is 0.132. The summed E-state index contributed by atoms with van der Waals surface area (Å²) in [6.07, 6.45) is 1.02. The Morgan fingerprint density at radius 1 is 1.15 bits per heavy atom. The standard InChI is InChI=1S/C22H23N3O2/c1-14-9-20(17-5-2-3-6-18(17)23-14)24-11-15-10-16(12-24)21(13-26)25-19(15)7-4-8-22(25)27/h2-9,15-16,21,26H,10-13H2,1H3/t15-,16+,21+/m1/s1. The van der Waals surface area contributed by atoms with E-state index >= 15 is 0 Å². The zero-order valence-electron chi connectivity index (χ0n) is 15.4. The number of aromatic nitrogens is 2. The van der Waals surface area contributed by atoms with Crippen molar-refractivity contribution < 1.29 is 5.11 Å².